The molecule has 22 heteroatoms. The molecule has 0 bridgehead atoms. The number of carbonyl (C=O) groups excluding carboxylic acids is 2. The molecular formula is C30H31ClFN7O10S3. The van der Waals surface area contributed by atoms with Crippen molar-refractivity contribution in [3.8, 4) is 11.8 Å². The molecule has 2 amide bonds. The number of carboxylic acids is 1. The average Bonchev–Trinajstić information content (AvgIpc) is 3.42. The number of methoxy groups -OCH3 is 3. The minimum Gasteiger partial charge on any atom is -0.481 e. The molecule has 0 atom stereocenters. The summed E-state index contributed by atoms with van der Waals surface area (Å²) in [5.41, 5.74) is -0.0618. The lowest BCUT2D eigenvalue weighted by atomic mass is 10.1. The first-order chi connectivity index (χ1) is 24.7. The Hall–Kier alpha value is -4.99. The van der Waals surface area contributed by atoms with Gasteiger partial charge in [-0.2, -0.15) is 9.97 Å². The second kappa shape index (κ2) is 18.0. The maximum absolute atomic E-state index is 14.3. The molecule has 0 spiro atoms. The van der Waals surface area contributed by atoms with Crippen molar-refractivity contribution in [2.75, 3.05) is 32.4 Å². The molecule has 0 unspecified atom stereocenters. The van der Waals surface area contributed by atoms with Crippen molar-refractivity contribution < 1.29 is 46.5 Å². The number of urea groups is 1. The molecule has 0 fully saturated rings. The normalized spacial score (nSPS) is 12.5. The largest absolute Gasteiger partial charge is 0.481 e. The number of sulfonamides is 1. The van der Waals surface area contributed by atoms with E-state index in [0.717, 1.165) is 42.0 Å². The van der Waals surface area contributed by atoms with Gasteiger partial charge in [-0.1, -0.05) is 29.8 Å². The van der Waals surface area contributed by atoms with Gasteiger partial charge < -0.3 is 19.3 Å². The number of carboxylic acid groups (broad SMARTS) is 1. The van der Waals surface area contributed by atoms with Crippen molar-refractivity contribution in [3.05, 3.63) is 78.9 Å². The van der Waals surface area contributed by atoms with Crippen LogP contribution in [-0.4, -0.2) is 77.9 Å². The molecule has 0 saturated carbocycles. The number of nitrogens with zero attached hydrogens (tertiary/aromatic N) is 5. The lowest BCUT2D eigenvalue weighted by molar-refractivity contribution is -0.137. The predicted molar refractivity (Wildman–Crippen MR) is 188 cm³/mol. The highest BCUT2D eigenvalue weighted by molar-refractivity contribution is 8.00. The van der Waals surface area contributed by atoms with E-state index in [1.165, 1.54) is 57.7 Å². The third-order valence-corrected chi connectivity index (χ3v) is 10.4. The lowest BCUT2D eigenvalue weighted by Crippen LogP contribution is -2.36. The Labute approximate surface area is 308 Å². The number of esters is 1. The molecule has 0 aliphatic carbocycles. The van der Waals surface area contributed by atoms with Crippen LogP contribution < -0.4 is 29.2 Å². The van der Waals surface area contributed by atoms with Crippen LogP contribution >= 0.6 is 34.7 Å². The van der Waals surface area contributed by atoms with Gasteiger partial charge in [-0.05, 0) is 47.9 Å². The molecule has 52 heavy (non-hydrogen) atoms. The Morgan fingerprint density at radius 2 is 1.71 bits per heavy atom. The van der Waals surface area contributed by atoms with Crippen LogP contribution in [0.15, 0.2) is 57.1 Å². The van der Waals surface area contributed by atoms with Gasteiger partial charge in [-0.25, -0.2) is 36.8 Å². The highest BCUT2D eigenvalue weighted by atomic mass is 35.5. The molecule has 0 saturated heterocycles. The van der Waals surface area contributed by atoms with Crippen LogP contribution in [0.5, 0.6) is 11.8 Å². The van der Waals surface area contributed by atoms with E-state index in [-0.39, 0.29) is 50.2 Å². The molecular weight excluding hydrogens is 769 g/mol. The van der Waals surface area contributed by atoms with Gasteiger partial charge in [0.1, 0.15) is 11.5 Å². The molecule has 4 aromatic rings. The number of nitrogens with one attached hydrogen (secondary N) is 2. The number of anilines is 1. The zero-order valence-corrected chi connectivity index (χ0v) is 30.8. The summed E-state index contributed by atoms with van der Waals surface area (Å²) in [6.07, 6.45) is 1.90. The fraction of sp³-hybridized carbons (Fsp3) is 0.300. The number of aromatic carboxylic acids is 1. The first kappa shape index (κ1) is 39.8. The van der Waals surface area contributed by atoms with E-state index in [9.17, 15) is 32.0 Å². The lowest BCUT2D eigenvalue weighted by Gasteiger charge is -2.15. The first-order valence-electron chi connectivity index (χ1n) is 14.9. The summed E-state index contributed by atoms with van der Waals surface area (Å²) in [4.78, 5) is 59.3. The minimum absolute atomic E-state index is 0.0320. The van der Waals surface area contributed by atoms with E-state index in [4.69, 9.17) is 26.2 Å². The smallest absolute Gasteiger partial charge is 0.335 e. The number of ether oxygens (including phenoxy) is 3. The topological polar surface area (TPSA) is 222 Å². The molecule has 2 aromatic carbocycles. The number of rotatable bonds is 11. The van der Waals surface area contributed by atoms with E-state index in [1.807, 2.05) is 0 Å². The number of thioether (sulfide) groups is 1. The summed E-state index contributed by atoms with van der Waals surface area (Å²) in [5.74, 6) is -2.96. The number of hydrogen-bond acceptors (Lipinski definition) is 14. The van der Waals surface area contributed by atoms with E-state index >= 15 is 0 Å². The molecule has 2 aromatic heterocycles. The molecule has 1 aliphatic rings. The third kappa shape index (κ3) is 10.8. The Balaban J connectivity index is 0.000000233. The standard InChI is InChI=1S/C15H15ClFN3O3S2.C15H16N4O7S/c1-23-13(21)8-24-12-7-11(10(17)6-9(12)16)18-14-19-4-2-3-5-20(19)15(22)25-14;1-25-11-7-12(26-2)17-14(16-11)18-15(22)19-27(23,24)8-9-5-3-4-6-10(9)13(20)21/h6-7H,2-5,8H2,1H3;3-7H,8H2,1-2H3,(H,20,21)(H2,16,17,18,19,22)/b18-14-;. The molecule has 0 radical (unpaired) electrons. The summed E-state index contributed by atoms with van der Waals surface area (Å²) >= 11 is 8.17. The van der Waals surface area contributed by atoms with Gasteiger partial charge in [0, 0.05) is 18.0 Å². The van der Waals surface area contributed by atoms with Crippen LogP contribution in [0.4, 0.5) is 20.8 Å². The zero-order chi connectivity index (χ0) is 38.0. The van der Waals surface area contributed by atoms with Crippen LogP contribution in [0.25, 0.3) is 0 Å². The van der Waals surface area contributed by atoms with Gasteiger partial charge in [-0.3, -0.25) is 19.6 Å². The van der Waals surface area contributed by atoms with Gasteiger partial charge in [0.05, 0.1) is 49.5 Å². The van der Waals surface area contributed by atoms with Crippen molar-refractivity contribution in [3.63, 3.8) is 0 Å². The Morgan fingerprint density at radius 1 is 1.06 bits per heavy atom. The van der Waals surface area contributed by atoms with Gasteiger partial charge in [0.15, 0.2) is 0 Å². The molecule has 1 aliphatic heterocycles. The zero-order valence-electron chi connectivity index (χ0n) is 27.6. The van der Waals surface area contributed by atoms with E-state index < -0.39 is 39.6 Å². The second-order valence-corrected chi connectivity index (χ2v) is 14.4. The summed E-state index contributed by atoms with van der Waals surface area (Å²) in [6.45, 7) is 1.32. The van der Waals surface area contributed by atoms with E-state index in [2.05, 4.69) is 25.0 Å². The number of benzene rings is 2. The van der Waals surface area contributed by atoms with Crippen molar-refractivity contribution in [2.24, 2.45) is 4.99 Å². The number of amides is 2. The number of fused-ring (bicyclic) bond motifs is 1. The highest BCUT2D eigenvalue weighted by Gasteiger charge is 2.21. The van der Waals surface area contributed by atoms with Crippen molar-refractivity contribution in [1.82, 2.24) is 24.1 Å². The number of halogens is 2. The second-order valence-electron chi connectivity index (χ2n) is 10.4. The Kier molecular flexibility index (Phi) is 13.8. The first-order valence-corrected chi connectivity index (χ1v) is 18.7. The predicted octanol–water partition coefficient (Wildman–Crippen LogP) is 3.64. The molecule has 17 nitrogen and oxygen atoms in total. The minimum atomic E-state index is -4.18. The fourth-order valence-corrected chi connectivity index (χ4v) is 7.52. The van der Waals surface area contributed by atoms with Crippen LogP contribution in [0.1, 0.15) is 28.8 Å². The van der Waals surface area contributed by atoms with Crippen LogP contribution in [0, 0.1) is 5.82 Å². The highest BCUT2D eigenvalue weighted by Crippen LogP contribution is 2.33. The van der Waals surface area contributed by atoms with Gasteiger partial charge in [0.2, 0.25) is 32.5 Å². The van der Waals surface area contributed by atoms with Crippen LogP contribution in [0.2, 0.25) is 5.02 Å². The number of carbonyl (C=O) groups is 3. The van der Waals surface area contributed by atoms with Gasteiger partial charge in [-0.15, -0.1) is 11.8 Å². The molecule has 5 rings (SSSR count). The Bertz CT molecular complexity index is 2190. The summed E-state index contributed by atoms with van der Waals surface area (Å²) < 4.78 is 58.2. The van der Waals surface area contributed by atoms with Crippen molar-refractivity contribution >= 4 is 74.3 Å². The van der Waals surface area contributed by atoms with Gasteiger partial charge >= 0.3 is 22.8 Å². The number of aromatic nitrogens is 4. The van der Waals surface area contributed by atoms with Crippen LogP contribution in [0.3, 0.4) is 0 Å². The van der Waals surface area contributed by atoms with Crippen LogP contribution in [-0.2, 0) is 38.4 Å². The van der Waals surface area contributed by atoms with E-state index in [0.29, 0.717) is 22.8 Å². The fourth-order valence-electron chi connectivity index (χ4n) is 4.46. The monoisotopic (exact) mass is 799 g/mol. The number of hydrogen-bond donors (Lipinski definition) is 3. The third-order valence-electron chi connectivity index (χ3n) is 6.85. The maximum Gasteiger partial charge on any atom is 0.335 e. The van der Waals surface area contributed by atoms with E-state index in [1.54, 1.807) is 14.1 Å². The van der Waals surface area contributed by atoms with Gasteiger partial charge in [0.25, 0.3) is 0 Å². The van der Waals surface area contributed by atoms with Crippen molar-refractivity contribution in [1.29, 1.82) is 0 Å². The Morgan fingerprint density at radius 3 is 2.35 bits per heavy atom. The quantitative estimate of drug-likeness (QED) is 0.146. The summed E-state index contributed by atoms with van der Waals surface area (Å²) in [6, 6.07) is 8.45. The summed E-state index contributed by atoms with van der Waals surface area (Å²) in [5, 5.41) is 11.4. The SMILES string of the molecule is COC(=O)CSc1cc(/N=c2\sc(=O)n3n2CCCC3)c(F)cc1Cl.COc1cc(OC)nc(NC(=O)NS(=O)(=O)Cc2ccccc2C(=O)O)n1. The molecule has 278 valence electrons. The molecule has 3 heterocycles. The maximum atomic E-state index is 14.3. The van der Waals surface area contributed by atoms with Crippen molar-refractivity contribution in [2.45, 2.75) is 36.6 Å². The average molecular weight is 800 g/mol. The summed E-state index contributed by atoms with van der Waals surface area (Å²) in [7, 11) is -0.201. The molecule has 3 N–H and O–H groups in total.